The molecule has 0 radical (unpaired) electrons. The molecule has 0 saturated heterocycles. The van der Waals surface area contributed by atoms with E-state index in [4.69, 9.17) is 0 Å². The van der Waals surface area contributed by atoms with Gasteiger partial charge in [-0.3, -0.25) is 9.59 Å². The number of hydrogen-bond acceptors (Lipinski definition) is 4. The standard InChI is InChI=1S/C26H23F2N3O4S/c1-3-4-6-16-8-11-22-20(13-16)23(19-7-5-12-29-25(19)32)24(26(33)30-36(2,34)35)31(22)15-17-14-18(27)9-10-21(17)28/h4-14H,3,15H2,1-2H3,(H,29,32)(H,30,33)/b6-4+. The molecule has 2 aromatic carbocycles. The van der Waals surface area contributed by atoms with E-state index in [1.807, 2.05) is 23.8 Å². The molecule has 10 heteroatoms. The highest BCUT2D eigenvalue weighted by Gasteiger charge is 2.27. The van der Waals surface area contributed by atoms with E-state index in [1.54, 1.807) is 24.3 Å². The van der Waals surface area contributed by atoms with Gasteiger partial charge in [0.15, 0.2) is 0 Å². The first-order chi connectivity index (χ1) is 17.1. The maximum absolute atomic E-state index is 14.6. The van der Waals surface area contributed by atoms with Crippen molar-refractivity contribution in [3.8, 4) is 11.1 Å². The second kappa shape index (κ2) is 9.90. The monoisotopic (exact) mass is 511 g/mol. The van der Waals surface area contributed by atoms with E-state index in [0.29, 0.717) is 10.9 Å². The van der Waals surface area contributed by atoms with Gasteiger partial charge < -0.3 is 9.55 Å². The highest BCUT2D eigenvalue weighted by atomic mass is 32.2. The Hall–Kier alpha value is -4.05. The molecule has 0 unspecified atom stereocenters. The van der Waals surface area contributed by atoms with Crippen molar-refractivity contribution in [2.24, 2.45) is 0 Å². The van der Waals surface area contributed by atoms with Gasteiger partial charge in [0.1, 0.15) is 17.3 Å². The third-order valence-electron chi connectivity index (χ3n) is 5.55. The SMILES string of the molecule is CC/C=C/c1ccc2c(c1)c(-c1ccc[nH]c1=O)c(C(=O)NS(C)(=O)=O)n2Cc1cc(F)ccc1F. The second-order valence-corrected chi connectivity index (χ2v) is 10.00. The summed E-state index contributed by atoms with van der Waals surface area (Å²) in [5, 5.41) is 0.473. The van der Waals surface area contributed by atoms with Crippen molar-refractivity contribution in [2.75, 3.05) is 6.26 Å². The van der Waals surface area contributed by atoms with Crippen LogP contribution < -0.4 is 10.3 Å². The molecular formula is C26H23F2N3O4S. The van der Waals surface area contributed by atoms with Crippen LogP contribution in [-0.2, 0) is 16.6 Å². The highest BCUT2D eigenvalue weighted by molar-refractivity contribution is 7.89. The predicted molar refractivity (Wildman–Crippen MR) is 135 cm³/mol. The van der Waals surface area contributed by atoms with Crippen molar-refractivity contribution >= 4 is 32.9 Å². The Labute approximate surface area is 206 Å². The van der Waals surface area contributed by atoms with Crippen LogP contribution in [0.25, 0.3) is 28.1 Å². The van der Waals surface area contributed by atoms with Crippen molar-refractivity contribution in [3.63, 3.8) is 0 Å². The van der Waals surface area contributed by atoms with Crippen LogP contribution in [0.1, 0.15) is 35.0 Å². The predicted octanol–water partition coefficient (Wildman–Crippen LogP) is 4.44. The lowest BCUT2D eigenvalue weighted by molar-refractivity contribution is 0.0974. The molecule has 0 aliphatic rings. The number of rotatable bonds is 7. The molecule has 0 spiro atoms. The summed E-state index contributed by atoms with van der Waals surface area (Å²) in [6, 6.07) is 11.3. The average molecular weight is 512 g/mol. The number of nitrogens with zero attached hydrogens (tertiary/aromatic N) is 1. The lowest BCUT2D eigenvalue weighted by Crippen LogP contribution is -2.32. The van der Waals surface area contributed by atoms with Crippen molar-refractivity contribution < 1.29 is 22.0 Å². The molecule has 0 bridgehead atoms. The largest absolute Gasteiger partial charge is 0.331 e. The minimum atomic E-state index is -3.99. The van der Waals surface area contributed by atoms with E-state index in [1.165, 1.54) is 16.8 Å². The zero-order valence-electron chi connectivity index (χ0n) is 19.5. The molecule has 4 rings (SSSR count). The third kappa shape index (κ3) is 5.13. The lowest BCUT2D eigenvalue weighted by atomic mass is 10.0. The third-order valence-corrected chi connectivity index (χ3v) is 6.11. The van der Waals surface area contributed by atoms with Crippen molar-refractivity contribution in [1.29, 1.82) is 0 Å². The fourth-order valence-electron chi connectivity index (χ4n) is 4.07. The summed E-state index contributed by atoms with van der Waals surface area (Å²) in [6.07, 6.45) is 6.85. The van der Waals surface area contributed by atoms with Gasteiger partial charge >= 0.3 is 0 Å². The Morgan fingerprint density at radius 1 is 1.14 bits per heavy atom. The first-order valence-electron chi connectivity index (χ1n) is 11.1. The zero-order valence-corrected chi connectivity index (χ0v) is 20.3. The molecule has 186 valence electrons. The minimum absolute atomic E-state index is 0.0521. The topological polar surface area (TPSA) is 101 Å². The van der Waals surface area contributed by atoms with E-state index < -0.39 is 33.1 Å². The van der Waals surface area contributed by atoms with Crippen LogP contribution in [0, 0.1) is 11.6 Å². The normalized spacial score (nSPS) is 11.9. The molecular weight excluding hydrogens is 488 g/mol. The van der Waals surface area contributed by atoms with Crippen molar-refractivity contribution in [1.82, 2.24) is 14.3 Å². The summed E-state index contributed by atoms with van der Waals surface area (Å²) >= 11 is 0. The van der Waals surface area contributed by atoms with Crippen LogP contribution in [0.4, 0.5) is 8.78 Å². The Morgan fingerprint density at radius 3 is 2.61 bits per heavy atom. The maximum atomic E-state index is 14.6. The van der Waals surface area contributed by atoms with E-state index in [2.05, 4.69) is 4.98 Å². The second-order valence-electron chi connectivity index (χ2n) is 8.25. The molecule has 0 aliphatic carbocycles. The average Bonchev–Trinajstić information content (AvgIpc) is 3.12. The summed E-state index contributed by atoms with van der Waals surface area (Å²) in [5.74, 6) is -2.37. The van der Waals surface area contributed by atoms with Crippen LogP contribution in [-0.4, -0.2) is 30.1 Å². The van der Waals surface area contributed by atoms with E-state index >= 15 is 0 Å². The van der Waals surface area contributed by atoms with Gasteiger partial charge in [0.05, 0.1) is 12.8 Å². The quantitative estimate of drug-likeness (QED) is 0.383. The number of aromatic nitrogens is 2. The number of allylic oxidation sites excluding steroid dienone is 1. The Bertz CT molecular complexity index is 1670. The number of carbonyl (C=O) groups is 1. The molecule has 2 N–H and O–H groups in total. The molecule has 7 nitrogen and oxygen atoms in total. The number of hydrogen-bond donors (Lipinski definition) is 2. The molecule has 2 heterocycles. The number of benzene rings is 2. The van der Waals surface area contributed by atoms with Crippen LogP contribution in [0.5, 0.6) is 0 Å². The molecule has 0 aliphatic heterocycles. The molecule has 36 heavy (non-hydrogen) atoms. The lowest BCUT2D eigenvalue weighted by Gasteiger charge is -2.13. The van der Waals surface area contributed by atoms with E-state index in [0.717, 1.165) is 36.4 Å². The minimum Gasteiger partial charge on any atom is -0.331 e. The number of pyridine rings is 1. The van der Waals surface area contributed by atoms with Gasteiger partial charge in [-0.25, -0.2) is 21.9 Å². The molecule has 0 fully saturated rings. The first kappa shape index (κ1) is 25.1. The number of amides is 1. The van der Waals surface area contributed by atoms with Gasteiger partial charge in [0.2, 0.25) is 10.0 Å². The summed E-state index contributed by atoms with van der Waals surface area (Å²) in [5.41, 5.74) is 0.784. The summed E-state index contributed by atoms with van der Waals surface area (Å²) in [6.45, 7) is 1.68. The molecule has 4 aromatic rings. The number of halogens is 2. The smallest absolute Gasteiger partial charge is 0.282 e. The van der Waals surface area contributed by atoms with E-state index in [9.17, 15) is 26.8 Å². The summed E-state index contributed by atoms with van der Waals surface area (Å²) in [4.78, 5) is 28.7. The maximum Gasteiger partial charge on any atom is 0.282 e. The first-order valence-corrected chi connectivity index (χ1v) is 12.9. The number of sulfonamides is 1. The van der Waals surface area contributed by atoms with Crippen LogP contribution in [0.3, 0.4) is 0 Å². The van der Waals surface area contributed by atoms with Gasteiger partial charge in [-0.1, -0.05) is 25.1 Å². The molecule has 2 aromatic heterocycles. The van der Waals surface area contributed by atoms with Gasteiger partial charge in [0.25, 0.3) is 11.5 Å². The summed E-state index contributed by atoms with van der Waals surface area (Å²) < 4.78 is 55.8. The highest BCUT2D eigenvalue weighted by Crippen LogP contribution is 2.35. The van der Waals surface area contributed by atoms with Crippen LogP contribution >= 0.6 is 0 Å². The number of H-pyrrole nitrogens is 1. The zero-order chi connectivity index (χ0) is 26.0. The number of carbonyl (C=O) groups excluding carboxylic acids is 1. The summed E-state index contributed by atoms with van der Waals surface area (Å²) in [7, 11) is -3.99. The van der Waals surface area contributed by atoms with Gasteiger partial charge in [0, 0.05) is 33.8 Å². The van der Waals surface area contributed by atoms with Crippen LogP contribution in [0.15, 0.2) is 65.6 Å². The fraction of sp³-hybridized carbons (Fsp3) is 0.154. The van der Waals surface area contributed by atoms with Crippen molar-refractivity contribution in [3.05, 3.63) is 99.6 Å². The van der Waals surface area contributed by atoms with E-state index in [-0.39, 0.29) is 28.9 Å². The Kier molecular flexibility index (Phi) is 6.89. The van der Waals surface area contributed by atoms with Crippen LogP contribution in [0.2, 0.25) is 0 Å². The number of aromatic amines is 1. The Balaban J connectivity index is 2.11. The molecule has 0 atom stereocenters. The van der Waals surface area contributed by atoms with Crippen molar-refractivity contribution in [2.45, 2.75) is 19.9 Å². The van der Waals surface area contributed by atoms with Gasteiger partial charge in [-0.05, 0) is 54.4 Å². The van der Waals surface area contributed by atoms with Gasteiger partial charge in [-0.2, -0.15) is 0 Å². The van der Waals surface area contributed by atoms with Gasteiger partial charge in [-0.15, -0.1) is 0 Å². The number of fused-ring (bicyclic) bond motifs is 1. The molecule has 0 saturated carbocycles. The molecule has 1 amide bonds. The Morgan fingerprint density at radius 2 is 1.92 bits per heavy atom. The fourth-order valence-corrected chi connectivity index (χ4v) is 4.51. The number of nitrogens with one attached hydrogen (secondary N) is 2.